The molecule has 0 saturated carbocycles. The first-order valence-electron chi connectivity index (χ1n) is 7.58. The van der Waals surface area contributed by atoms with Gasteiger partial charge in [0.1, 0.15) is 18.7 Å². The molecule has 0 bridgehead atoms. The minimum Gasteiger partial charge on any atom is -0.480 e. The van der Waals surface area contributed by atoms with Gasteiger partial charge < -0.3 is 20.1 Å². The molecule has 1 aromatic rings. The van der Waals surface area contributed by atoms with Gasteiger partial charge >= 0.3 is 12.1 Å². The maximum Gasteiger partial charge on any atom is 0.408 e. The number of amides is 2. The van der Waals surface area contributed by atoms with Crippen LogP contribution in [0.2, 0.25) is 0 Å². The minimum atomic E-state index is -3.27. The molecule has 2 rings (SSSR count). The fraction of sp³-hybridized carbons (Fsp3) is 0.438. The number of alkyl carbamates (subject to hydrolysis) is 1. The summed E-state index contributed by atoms with van der Waals surface area (Å²) in [4.78, 5) is 35.6. The predicted octanol–water partition coefficient (Wildman–Crippen LogP) is 1.62. The van der Waals surface area contributed by atoms with Crippen molar-refractivity contribution in [1.29, 1.82) is 0 Å². The van der Waals surface area contributed by atoms with Crippen LogP contribution in [0.15, 0.2) is 30.3 Å². The summed E-state index contributed by atoms with van der Waals surface area (Å²) in [5.74, 6) is -5.68. The molecule has 1 fully saturated rings. The van der Waals surface area contributed by atoms with Crippen LogP contribution in [0.5, 0.6) is 0 Å². The van der Waals surface area contributed by atoms with Crippen molar-refractivity contribution in [1.82, 2.24) is 10.2 Å². The van der Waals surface area contributed by atoms with Gasteiger partial charge in [-0.05, 0) is 12.5 Å². The van der Waals surface area contributed by atoms with E-state index in [2.05, 4.69) is 5.32 Å². The monoisotopic (exact) mass is 356 g/mol. The standard InChI is InChI=1S/C16H18F2N2O5/c1-10(19-15(24)25-8-11-5-3-2-4-6-11)13(21)20-9-16(17,18)7-12(20)14(22)23/h2-6,10,12H,7-9H2,1H3,(H,19,24)(H,22,23). The first-order chi connectivity index (χ1) is 11.7. The number of ether oxygens (including phenoxy) is 1. The van der Waals surface area contributed by atoms with Crippen molar-refractivity contribution < 1.29 is 33.0 Å². The lowest BCUT2D eigenvalue weighted by Crippen LogP contribution is -2.50. The third-order valence-corrected chi connectivity index (χ3v) is 3.76. The van der Waals surface area contributed by atoms with E-state index in [1.807, 2.05) is 0 Å². The van der Waals surface area contributed by atoms with E-state index in [1.54, 1.807) is 30.3 Å². The molecule has 1 aliphatic heterocycles. The van der Waals surface area contributed by atoms with E-state index in [4.69, 9.17) is 9.84 Å². The van der Waals surface area contributed by atoms with E-state index in [1.165, 1.54) is 6.92 Å². The number of carboxylic acid groups (broad SMARTS) is 1. The number of aliphatic carboxylic acids is 1. The van der Waals surface area contributed by atoms with Crippen molar-refractivity contribution in [3.05, 3.63) is 35.9 Å². The van der Waals surface area contributed by atoms with Crippen LogP contribution in [-0.2, 0) is 20.9 Å². The Morgan fingerprint density at radius 2 is 2.00 bits per heavy atom. The predicted molar refractivity (Wildman–Crippen MR) is 81.9 cm³/mol. The Morgan fingerprint density at radius 3 is 2.60 bits per heavy atom. The average molecular weight is 356 g/mol. The Hall–Kier alpha value is -2.71. The van der Waals surface area contributed by atoms with E-state index < -0.39 is 48.9 Å². The minimum absolute atomic E-state index is 0.0207. The molecule has 1 aromatic carbocycles. The van der Waals surface area contributed by atoms with Gasteiger partial charge in [0, 0.05) is 6.42 Å². The summed E-state index contributed by atoms with van der Waals surface area (Å²) in [7, 11) is 0. The Bertz CT molecular complexity index is 653. The first-order valence-corrected chi connectivity index (χ1v) is 7.58. The molecule has 2 amide bonds. The molecule has 1 aliphatic rings. The van der Waals surface area contributed by atoms with Crippen LogP contribution >= 0.6 is 0 Å². The molecule has 2 atom stereocenters. The summed E-state index contributed by atoms with van der Waals surface area (Å²) in [6.45, 7) is 0.266. The van der Waals surface area contributed by atoms with Crippen molar-refractivity contribution in [2.24, 2.45) is 0 Å². The maximum atomic E-state index is 13.4. The lowest BCUT2D eigenvalue weighted by Gasteiger charge is -2.24. The zero-order valence-corrected chi connectivity index (χ0v) is 13.4. The number of benzene rings is 1. The van der Waals surface area contributed by atoms with Crippen molar-refractivity contribution in [3.63, 3.8) is 0 Å². The third kappa shape index (κ3) is 4.88. The highest BCUT2D eigenvalue weighted by Gasteiger charge is 2.50. The second-order valence-corrected chi connectivity index (χ2v) is 5.81. The molecule has 0 aromatic heterocycles. The van der Waals surface area contributed by atoms with Crippen LogP contribution in [0, 0.1) is 0 Å². The van der Waals surface area contributed by atoms with Gasteiger partial charge in [0.2, 0.25) is 5.91 Å². The molecule has 9 heteroatoms. The van der Waals surface area contributed by atoms with Gasteiger partial charge in [0.25, 0.3) is 5.92 Å². The zero-order valence-electron chi connectivity index (χ0n) is 13.4. The number of hydrogen-bond acceptors (Lipinski definition) is 4. The average Bonchev–Trinajstić information content (AvgIpc) is 2.89. The molecule has 2 unspecified atom stereocenters. The van der Waals surface area contributed by atoms with Crippen LogP contribution < -0.4 is 5.32 Å². The Morgan fingerprint density at radius 1 is 1.36 bits per heavy atom. The van der Waals surface area contributed by atoms with Gasteiger partial charge in [0.05, 0.1) is 6.54 Å². The van der Waals surface area contributed by atoms with Gasteiger partial charge in [-0.15, -0.1) is 0 Å². The van der Waals surface area contributed by atoms with E-state index in [9.17, 15) is 23.2 Å². The van der Waals surface area contributed by atoms with Crippen LogP contribution in [0.25, 0.3) is 0 Å². The quantitative estimate of drug-likeness (QED) is 0.836. The zero-order chi connectivity index (χ0) is 18.6. The van der Waals surface area contributed by atoms with Crippen LogP contribution in [0.3, 0.4) is 0 Å². The highest BCUT2D eigenvalue weighted by molar-refractivity contribution is 5.89. The van der Waals surface area contributed by atoms with Crippen molar-refractivity contribution in [3.8, 4) is 0 Å². The molecule has 1 saturated heterocycles. The van der Waals surface area contributed by atoms with Gasteiger partial charge in [-0.2, -0.15) is 0 Å². The highest BCUT2D eigenvalue weighted by Crippen LogP contribution is 2.32. The van der Waals surface area contributed by atoms with Gasteiger partial charge in [-0.25, -0.2) is 18.4 Å². The number of alkyl halides is 2. The van der Waals surface area contributed by atoms with E-state index in [0.717, 1.165) is 5.56 Å². The number of carbonyl (C=O) groups excluding carboxylic acids is 2. The third-order valence-electron chi connectivity index (χ3n) is 3.76. The summed E-state index contributed by atoms with van der Waals surface area (Å²) in [6, 6.07) is 6.00. The lowest BCUT2D eigenvalue weighted by molar-refractivity contribution is -0.148. The van der Waals surface area contributed by atoms with Crippen LogP contribution in [0.1, 0.15) is 18.9 Å². The number of rotatable bonds is 5. The number of nitrogens with zero attached hydrogens (tertiary/aromatic N) is 1. The van der Waals surface area contributed by atoms with Gasteiger partial charge in [-0.1, -0.05) is 30.3 Å². The van der Waals surface area contributed by atoms with Crippen LogP contribution in [-0.4, -0.2) is 52.5 Å². The largest absolute Gasteiger partial charge is 0.480 e. The van der Waals surface area contributed by atoms with Gasteiger partial charge in [0.15, 0.2) is 0 Å². The van der Waals surface area contributed by atoms with Crippen molar-refractivity contribution in [2.45, 2.75) is 38.0 Å². The number of carbonyl (C=O) groups is 3. The van der Waals surface area contributed by atoms with Crippen molar-refractivity contribution in [2.75, 3.05) is 6.54 Å². The molecular weight excluding hydrogens is 338 g/mol. The molecular formula is C16H18F2N2O5. The summed E-state index contributed by atoms with van der Waals surface area (Å²) in [6.07, 6.45) is -1.85. The van der Waals surface area contributed by atoms with Crippen molar-refractivity contribution >= 4 is 18.0 Å². The van der Waals surface area contributed by atoms with Crippen LogP contribution in [0.4, 0.5) is 13.6 Å². The number of nitrogens with one attached hydrogen (secondary N) is 1. The molecule has 1 heterocycles. The second kappa shape index (κ2) is 7.45. The van der Waals surface area contributed by atoms with E-state index >= 15 is 0 Å². The second-order valence-electron chi connectivity index (χ2n) is 5.81. The smallest absolute Gasteiger partial charge is 0.408 e. The fourth-order valence-corrected chi connectivity index (χ4v) is 2.52. The fourth-order valence-electron chi connectivity index (χ4n) is 2.52. The summed E-state index contributed by atoms with van der Waals surface area (Å²) in [5, 5.41) is 11.2. The molecule has 136 valence electrons. The Kier molecular flexibility index (Phi) is 5.55. The van der Waals surface area contributed by atoms with E-state index in [-0.39, 0.29) is 6.61 Å². The highest BCUT2D eigenvalue weighted by atomic mass is 19.3. The van der Waals surface area contributed by atoms with Gasteiger partial charge in [-0.3, -0.25) is 4.79 Å². The molecule has 7 nitrogen and oxygen atoms in total. The number of carboxylic acids is 1. The topological polar surface area (TPSA) is 95.9 Å². The summed E-state index contributed by atoms with van der Waals surface area (Å²) in [5.41, 5.74) is 0.738. The lowest BCUT2D eigenvalue weighted by atomic mass is 10.2. The number of halogens is 2. The molecule has 2 N–H and O–H groups in total. The summed E-state index contributed by atoms with van der Waals surface area (Å²) >= 11 is 0. The molecule has 0 spiro atoms. The Balaban J connectivity index is 1.90. The first kappa shape index (κ1) is 18.6. The summed E-state index contributed by atoms with van der Waals surface area (Å²) < 4.78 is 31.8. The molecule has 0 aliphatic carbocycles. The SMILES string of the molecule is CC(NC(=O)OCc1ccccc1)C(=O)N1CC(F)(F)CC1C(=O)O. The van der Waals surface area contributed by atoms with E-state index in [0.29, 0.717) is 4.90 Å². The maximum absolute atomic E-state index is 13.4. The number of hydrogen-bond donors (Lipinski definition) is 2. The molecule has 25 heavy (non-hydrogen) atoms. The molecule has 0 radical (unpaired) electrons. The normalized spacial score (nSPS) is 20.0. The Labute approximate surface area is 142 Å². The number of likely N-dealkylation sites (tertiary alicyclic amines) is 1.